The van der Waals surface area contributed by atoms with Crippen molar-refractivity contribution in [1.29, 1.82) is 0 Å². The largest absolute Gasteiger partial charge is 0.545 e. The average molecular weight is 199 g/mol. The van der Waals surface area contributed by atoms with Crippen molar-refractivity contribution in [3.8, 4) is 0 Å². The lowest BCUT2D eigenvalue weighted by molar-refractivity contribution is -0.299. The van der Waals surface area contributed by atoms with Gasteiger partial charge in [0.15, 0.2) is 5.78 Å². The second kappa shape index (κ2) is 5.16. The molecule has 0 aromatic carbocycles. The topological polar surface area (TPSA) is 83.5 Å². The number of allylic oxidation sites excluding steroid dienone is 1. The predicted molar refractivity (Wildman–Crippen MR) is 44.8 cm³/mol. The first-order valence-corrected chi connectivity index (χ1v) is 4.04. The number of carboxylic acids is 1. The van der Waals surface area contributed by atoms with E-state index in [1.165, 1.54) is 0 Å². The molecule has 0 N–H and O–H groups in total. The highest BCUT2D eigenvalue weighted by Crippen LogP contribution is 2.11. The number of Topliss-reactive ketones (excluding diaryl/α,β-unsaturated/α-hetero) is 1. The average Bonchev–Trinajstić information content (AvgIpc) is 2.00. The number of rotatable bonds is 4. The molecular formula is C9H11O5-. The summed E-state index contributed by atoms with van der Waals surface area (Å²) in [4.78, 5) is 32.0. The van der Waals surface area contributed by atoms with Gasteiger partial charge in [0.2, 0.25) is 0 Å². The highest BCUT2D eigenvalue weighted by molar-refractivity contribution is 6.15. The molecule has 0 atom stereocenters. The minimum Gasteiger partial charge on any atom is -0.545 e. The molecule has 14 heavy (non-hydrogen) atoms. The summed E-state index contributed by atoms with van der Waals surface area (Å²) in [7, 11) is 0. The normalized spacial score (nSPS) is 11.6. The van der Waals surface area contributed by atoms with E-state index in [-0.39, 0.29) is 12.2 Å². The van der Waals surface area contributed by atoms with E-state index in [0.717, 1.165) is 13.8 Å². The number of hydrogen-bond acceptors (Lipinski definition) is 5. The first-order valence-electron chi connectivity index (χ1n) is 4.04. The zero-order valence-corrected chi connectivity index (χ0v) is 8.25. The Morgan fingerprint density at radius 1 is 1.21 bits per heavy atom. The molecule has 0 aliphatic rings. The van der Waals surface area contributed by atoms with Crippen LogP contribution in [0.1, 0.15) is 27.2 Å². The molecule has 78 valence electrons. The van der Waals surface area contributed by atoms with E-state index < -0.39 is 23.3 Å². The van der Waals surface area contributed by atoms with Crippen LogP contribution in [-0.2, 0) is 19.1 Å². The molecule has 0 fully saturated rings. The zero-order chi connectivity index (χ0) is 11.3. The Hall–Kier alpha value is -1.65. The molecular weight excluding hydrogens is 188 g/mol. The van der Waals surface area contributed by atoms with Crippen LogP contribution in [0.15, 0.2) is 11.3 Å². The number of ketones is 1. The van der Waals surface area contributed by atoms with E-state index in [4.69, 9.17) is 0 Å². The summed E-state index contributed by atoms with van der Waals surface area (Å²) < 4.78 is 4.58. The molecule has 0 bridgehead atoms. The summed E-state index contributed by atoms with van der Waals surface area (Å²) in [6.07, 6.45) is 0.141. The summed E-state index contributed by atoms with van der Waals surface area (Å²) in [6, 6.07) is 0. The molecule has 0 spiro atoms. The van der Waals surface area contributed by atoms with E-state index >= 15 is 0 Å². The zero-order valence-electron chi connectivity index (χ0n) is 8.25. The van der Waals surface area contributed by atoms with Crippen molar-refractivity contribution in [1.82, 2.24) is 0 Å². The Balaban J connectivity index is 5.19. The fourth-order valence-electron chi connectivity index (χ4n) is 0.927. The van der Waals surface area contributed by atoms with Crippen LogP contribution in [0.4, 0.5) is 0 Å². The summed E-state index contributed by atoms with van der Waals surface area (Å²) in [6.45, 7) is 3.77. The van der Waals surface area contributed by atoms with Gasteiger partial charge in [-0.25, -0.2) is 0 Å². The Labute approximate surface area is 81.4 Å². The van der Waals surface area contributed by atoms with E-state index in [1.807, 2.05) is 0 Å². The third-order valence-electron chi connectivity index (χ3n) is 1.42. The number of esters is 1. The van der Waals surface area contributed by atoms with Gasteiger partial charge in [0, 0.05) is 13.3 Å². The Morgan fingerprint density at radius 3 is 1.93 bits per heavy atom. The van der Waals surface area contributed by atoms with Gasteiger partial charge in [0.05, 0.1) is 11.5 Å². The number of carboxylic acid groups (broad SMARTS) is 1. The molecule has 0 aliphatic carbocycles. The lowest BCUT2D eigenvalue weighted by atomic mass is 10.1. The molecule has 0 saturated carbocycles. The van der Waals surface area contributed by atoms with Crippen molar-refractivity contribution < 1.29 is 24.2 Å². The summed E-state index contributed by atoms with van der Waals surface area (Å²) in [5.74, 6) is -3.15. The van der Waals surface area contributed by atoms with Gasteiger partial charge < -0.3 is 14.6 Å². The first kappa shape index (κ1) is 12.3. The molecule has 0 heterocycles. The molecule has 0 aromatic rings. The van der Waals surface area contributed by atoms with Crippen molar-refractivity contribution in [2.24, 2.45) is 0 Å². The van der Waals surface area contributed by atoms with Crippen LogP contribution >= 0.6 is 0 Å². The van der Waals surface area contributed by atoms with Crippen LogP contribution in [0.2, 0.25) is 0 Å². The smallest absolute Gasteiger partial charge is 0.307 e. The van der Waals surface area contributed by atoms with Gasteiger partial charge in [-0.2, -0.15) is 0 Å². The number of carbonyl (C=O) groups is 3. The number of aliphatic carboxylic acids is 1. The highest BCUT2D eigenvalue weighted by Gasteiger charge is 2.14. The molecule has 0 rings (SSSR count). The van der Waals surface area contributed by atoms with E-state index in [2.05, 4.69) is 4.74 Å². The van der Waals surface area contributed by atoms with Crippen LogP contribution in [0.3, 0.4) is 0 Å². The Bertz CT molecular complexity index is 284. The van der Waals surface area contributed by atoms with Gasteiger partial charge in [-0.1, -0.05) is 6.92 Å². The maximum absolute atomic E-state index is 10.9. The third kappa shape index (κ3) is 3.38. The summed E-state index contributed by atoms with van der Waals surface area (Å²) >= 11 is 0. The van der Waals surface area contributed by atoms with E-state index in [1.54, 1.807) is 6.92 Å². The maximum atomic E-state index is 10.9. The van der Waals surface area contributed by atoms with E-state index in [9.17, 15) is 19.5 Å². The number of hydrogen-bond donors (Lipinski definition) is 0. The minimum absolute atomic E-state index is 0.141. The van der Waals surface area contributed by atoms with Crippen LogP contribution in [-0.4, -0.2) is 17.7 Å². The van der Waals surface area contributed by atoms with Gasteiger partial charge in [-0.15, -0.1) is 0 Å². The molecule has 0 radical (unpaired) electrons. The van der Waals surface area contributed by atoms with Crippen molar-refractivity contribution >= 4 is 17.7 Å². The molecule has 5 nitrogen and oxygen atoms in total. The highest BCUT2D eigenvalue weighted by atomic mass is 16.5. The van der Waals surface area contributed by atoms with Gasteiger partial charge in [-0.05, 0) is 6.92 Å². The van der Waals surface area contributed by atoms with Crippen LogP contribution in [0, 0.1) is 0 Å². The fraction of sp³-hybridized carbons (Fsp3) is 0.444. The number of carbonyl (C=O) groups excluding carboxylic acids is 3. The summed E-state index contributed by atoms with van der Waals surface area (Å²) in [5, 5.41) is 10.5. The summed E-state index contributed by atoms with van der Waals surface area (Å²) in [5.41, 5.74) is -0.581. The lowest BCUT2D eigenvalue weighted by Gasteiger charge is -2.11. The molecule has 0 unspecified atom stereocenters. The predicted octanol–water partition coefficient (Wildman–Crippen LogP) is -0.448. The Morgan fingerprint density at radius 2 is 1.71 bits per heavy atom. The SMILES string of the molecule is CC/C(OC(C)=O)=C(\C(C)=O)C(=O)[O-]. The van der Waals surface area contributed by atoms with Crippen molar-refractivity contribution in [3.05, 3.63) is 11.3 Å². The van der Waals surface area contributed by atoms with Crippen LogP contribution in [0.25, 0.3) is 0 Å². The number of ether oxygens (including phenoxy) is 1. The van der Waals surface area contributed by atoms with Gasteiger partial charge in [0.25, 0.3) is 0 Å². The van der Waals surface area contributed by atoms with Gasteiger partial charge >= 0.3 is 5.97 Å². The van der Waals surface area contributed by atoms with Gasteiger partial charge in [0.1, 0.15) is 5.76 Å². The maximum Gasteiger partial charge on any atom is 0.307 e. The van der Waals surface area contributed by atoms with E-state index in [0.29, 0.717) is 0 Å². The van der Waals surface area contributed by atoms with Crippen LogP contribution < -0.4 is 5.11 Å². The van der Waals surface area contributed by atoms with Crippen molar-refractivity contribution in [3.63, 3.8) is 0 Å². The second-order valence-corrected chi connectivity index (χ2v) is 2.59. The fourth-order valence-corrected chi connectivity index (χ4v) is 0.927. The molecule has 0 aliphatic heterocycles. The third-order valence-corrected chi connectivity index (χ3v) is 1.42. The first-order chi connectivity index (χ1) is 6.40. The lowest BCUT2D eigenvalue weighted by Crippen LogP contribution is -2.29. The molecule has 5 heteroatoms. The second-order valence-electron chi connectivity index (χ2n) is 2.59. The molecule has 0 amide bonds. The van der Waals surface area contributed by atoms with Crippen molar-refractivity contribution in [2.75, 3.05) is 0 Å². The molecule has 0 aromatic heterocycles. The monoisotopic (exact) mass is 199 g/mol. The minimum atomic E-state index is -1.63. The molecule has 0 saturated heterocycles. The quantitative estimate of drug-likeness (QED) is 0.201. The van der Waals surface area contributed by atoms with Gasteiger partial charge in [-0.3, -0.25) is 9.59 Å². The van der Waals surface area contributed by atoms with Crippen molar-refractivity contribution in [2.45, 2.75) is 27.2 Å². The standard InChI is InChI=1S/C9H12O5/c1-4-7(14-6(3)11)8(5(2)10)9(12)13/h4H2,1-3H3,(H,12,13)/p-1/b8-7-. The van der Waals surface area contributed by atoms with Crippen LogP contribution in [0.5, 0.6) is 0 Å². The Kier molecular flexibility index (Phi) is 4.55.